The van der Waals surface area contributed by atoms with Crippen LogP contribution in [0.2, 0.25) is 0 Å². The smallest absolute Gasteiger partial charge is 0.335 e. The van der Waals surface area contributed by atoms with Crippen LogP contribution in [0.25, 0.3) is 0 Å². The van der Waals surface area contributed by atoms with Crippen LogP contribution >= 0.6 is 0 Å². The van der Waals surface area contributed by atoms with Gasteiger partial charge in [0.1, 0.15) is 0 Å². The number of benzene rings is 1. The third-order valence-electron chi connectivity index (χ3n) is 3.10. The van der Waals surface area contributed by atoms with E-state index < -0.39 is 5.97 Å². The molecule has 100 valence electrons. The molecule has 2 N–H and O–H groups in total. The van der Waals surface area contributed by atoms with Crippen molar-refractivity contribution in [2.75, 3.05) is 24.5 Å². The molecule has 0 aromatic heterocycles. The highest BCUT2D eigenvalue weighted by Gasteiger charge is 2.22. The number of nitrogens with one attached hydrogen (secondary N) is 1. The highest BCUT2D eigenvalue weighted by Crippen LogP contribution is 2.28. The third-order valence-corrected chi connectivity index (χ3v) is 3.10. The van der Waals surface area contributed by atoms with E-state index in [0.29, 0.717) is 6.54 Å². The van der Waals surface area contributed by atoms with Crippen LogP contribution in [0.4, 0.5) is 5.69 Å². The summed E-state index contributed by atoms with van der Waals surface area (Å²) in [6.07, 6.45) is 2.46. The molecule has 0 saturated heterocycles. The molecule has 2 rings (SSSR count). The fraction of sp³-hybridized carbons (Fsp3) is 0.286. The molecule has 0 unspecified atom stereocenters. The second-order valence-corrected chi connectivity index (χ2v) is 4.41. The van der Waals surface area contributed by atoms with Crippen LogP contribution in [0.1, 0.15) is 15.9 Å². The number of carbonyl (C=O) groups is 2. The fourth-order valence-corrected chi connectivity index (χ4v) is 2.16. The maximum Gasteiger partial charge on any atom is 0.335 e. The Morgan fingerprint density at radius 1 is 1.47 bits per heavy atom. The van der Waals surface area contributed by atoms with E-state index in [2.05, 4.69) is 11.9 Å². The topological polar surface area (TPSA) is 69.6 Å². The molecular formula is C14H16N2O3. The quantitative estimate of drug-likeness (QED) is 0.776. The zero-order valence-corrected chi connectivity index (χ0v) is 10.6. The van der Waals surface area contributed by atoms with Gasteiger partial charge in [0.05, 0.1) is 12.1 Å². The summed E-state index contributed by atoms with van der Waals surface area (Å²) in [5, 5.41) is 11.7. The number of nitrogens with zero attached hydrogens (tertiary/aromatic N) is 1. The lowest BCUT2D eigenvalue weighted by molar-refractivity contribution is -0.119. The normalized spacial score (nSPS) is 12.9. The maximum atomic E-state index is 11.7. The number of amides is 1. The summed E-state index contributed by atoms with van der Waals surface area (Å²) in [7, 11) is 0. The van der Waals surface area contributed by atoms with Gasteiger partial charge in [-0.3, -0.25) is 4.79 Å². The summed E-state index contributed by atoms with van der Waals surface area (Å²) in [5.74, 6) is -1.04. The van der Waals surface area contributed by atoms with Crippen molar-refractivity contribution < 1.29 is 14.7 Å². The van der Waals surface area contributed by atoms with Crippen LogP contribution in [0.5, 0.6) is 0 Å². The number of carboxylic acids is 1. The van der Waals surface area contributed by atoms with E-state index in [-0.39, 0.29) is 18.0 Å². The largest absolute Gasteiger partial charge is 0.478 e. The van der Waals surface area contributed by atoms with Crippen LogP contribution in [0, 0.1) is 0 Å². The Balaban J connectivity index is 2.11. The lowest BCUT2D eigenvalue weighted by atomic mass is 10.1. The van der Waals surface area contributed by atoms with Gasteiger partial charge in [0.2, 0.25) is 5.91 Å². The van der Waals surface area contributed by atoms with Crippen molar-refractivity contribution in [1.29, 1.82) is 0 Å². The number of rotatable bonds is 5. The van der Waals surface area contributed by atoms with Gasteiger partial charge in [-0.1, -0.05) is 12.1 Å². The highest BCUT2D eigenvalue weighted by atomic mass is 16.4. The van der Waals surface area contributed by atoms with Crippen LogP contribution in [0.15, 0.2) is 30.9 Å². The maximum absolute atomic E-state index is 11.7. The number of carboxylic acid groups (broad SMARTS) is 1. The Morgan fingerprint density at radius 3 is 2.95 bits per heavy atom. The van der Waals surface area contributed by atoms with Gasteiger partial charge in [0, 0.05) is 18.8 Å². The molecule has 0 radical (unpaired) electrons. The van der Waals surface area contributed by atoms with E-state index >= 15 is 0 Å². The first kappa shape index (κ1) is 13.1. The van der Waals surface area contributed by atoms with E-state index in [4.69, 9.17) is 5.11 Å². The summed E-state index contributed by atoms with van der Waals surface area (Å²) in [5.41, 5.74) is 2.17. The minimum Gasteiger partial charge on any atom is -0.478 e. The molecule has 1 heterocycles. The summed E-state index contributed by atoms with van der Waals surface area (Å²) in [4.78, 5) is 24.5. The first-order valence-electron chi connectivity index (χ1n) is 6.10. The molecule has 0 atom stereocenters. The Bertz CT molecular complexity index is 525. The monoisotopic (exact) mass is 260 g/mol. The van der Waals surface area contributed by atoms with E-state index in [1.807, 2.05) is 11.0 Å². The van der Waals surface area contributed by atoms with Gasteiger partial charge in [-0.05, 0) is 24.1 Å². The second kappa shape index (κ2) is 5.56. The Kier molecular flexibility index (Phi) is 3.85. The predicted octanol–water partition coefficient (Wildman–Crippen LogP) is 1.05. The van der Waals surface area contributed by atoms with E-state index in [1.165, 1.54) is 0 Å². The average molecular weight is 260 g/mol. The molecule has 0 fully saturated rings. The van der Waals surface area contributed by atoms with Gasteiger partial charge in [-0.15, -0.1) is 6.58 Å². The molecule has 0 aliphatic carbocycles. The SMILES string of the molecule is C=CCNC(=O)CN1CCc2ccc(C(=O)O)cc21. The first-order chi connectivity index (χ1) is 9.11. The summed E-state index contributed by atoms with van der Waals surface area (Å²) in [6, 6.07) is 5.05. The van der Waals surface area contributed by atoms with Crippen molar-refractivity contribution in [2.24, 2.45) is 0 Å². The lowest BCUT2D eigenvalue weighted by Gasteiger charge is -2.18. The molecule has 0 bridgehead atoms. The van der Waals surface area contributed by atoms with Crippen molar-refractivity contribution >= 4 is 17.6 Å². The molecule has 1 amide bonds. The second-order valence-electron chi connectivity index (χ2n) is 4.41. The number of anilines is 1. The van der Waals surface area contributed by atoms with Crippen molar-refractivity contribution in [1.82, 2.24) is 5.32 Å². The minimum atomic E-state index is -0.953. The molecule has 19 heavy (non-hydrogen) atoms. The van der Waals surface area contributed by atoms with Gasteiger partial charge >= 0.3 is 5.97 Å². The highest BCUT2D eigenvalue weighted by molar-refractivity contribution is 5.90. The Hall–Kier alpha value is -2.30. The van der Waals surface area contributed by atoms with Gasteiger partial charge in [-0.25, -0.2) is 4.79 Å². The van der Waals surface area contributed by atoms with Gasteiger partial charge in [-0.2, -0.15) is 0 Å². The van der Waals surface area contributed by atoms with E-state index in [1.54, 1.807) is 18.2 Å². The number of fused-ring (bicyclic) bond motifs is 1. The van der Waals surface area contributed by atoms with Crippen molar-refractivity contribution in [2.45, 2.75) is 6.42 Å². The van der Waals surface area contributed by atoms with Crippen molar-refractivity contribution in [3.63, 3.8) is 0 Å². The van der Waals surface area contributed by atoms with Crippen molar-refractivity contribution in [3.8, 4) is 0 Å². The molecule has 5 heteroatoms. The molecular weight excluding hydrogens is 244 g/mol. The molecule has 0 spiro atoms. The average Bonchev–Trinajstić information content (AvgIpc) is 2.78. The summed E-state index contributed by atoms with van der Waals surface area (Å²) < 4.78 is 0. The molecule has 1 aromatic carbocycles. The molecule has 0 saturated carbocycles. The standard InChI is InChI=1S/C14H16N2O3/c1-2-6-15-13(17)9-16-7-5-10-3-4-11(14(18)19)8-12(10)16/h2-4,8H,1,5-7,9H2,(H,15,17)(H,18,19). The van der Waals surface area contributed by atoms with Crippen LogP contribution in [-0.2, 0) is 11.2 Å². The Morgan fingerprint density at radius 2 is 2.26 bits per heavy atom. The van der Waals surface area contributed by atoms with Crippen molar-refractivity contribution in [3.05, 3.63) is 42.0 Å². The van der Waals surface area contributed by atoms with Gasteiger partial charge in [0.25, 0.3) is 0 Å². The molecule has 1 aliphatic rings. The number of aromatic carboxylic acids is 1. The van der Waals surface area contributed by atoms with Crippen LogP contribution in [-0.4, -0.2) is 36.6 Å². The lowest BCUT2D eigenvalue weighted by Crippen LogP contribution is -2.36. The zero-order valence-electron chi connectivity index (χ0n) is 10.6. The number of hydrogen-bond donors (Lipinski definition) is 2. The summed E-state index contributed by atoms with van der Waals surface area (Å²) >= 11 is 0. The van der Waals surface area contributed by atoms with Crippen LogP contribution in [0.3, 0.4) is 0 Å². The predicted molar refractivity (Wildman–Crippen MR) is 72.5 cm³/mol. The third kappa shape index (κ3) is 2.93. The number of carbonyl (C=O) groups excluding carboxylic acids is 1. The molecule has 5 nitrogen and oxygen atoms in total. The molecule has 1 aliphatic heterocycles. The van der Waals surface area contributed by atoms with Crippen LogP contribution < -0.4 is 10.2 Å². The van der Waals surface area contributed by atoms with E-state index in [9.17, 15) is 9.59 Å². The molecule has 1 aromatic rings. The minimum absolute atomic E-state index is 0.0894. The van der Waals surface area contributed by atoms with Gasteiger partial charge < -0.3 is 15.3 Å². The fourth-order valence-electron chi connectivity index (χ4n) is 2.16. The first-order valence-corrected chi connectivity index (χ1v) is 6.10. The zero-order chi connectivity index (χ0) is 13.8. The van der Waals surface area contributed by atoms with Gasteiger partial charge in [0.15, 0.2) is 0 Å². The van der Waals surface area contributed by atoms with E-state index in [0.717, 1.165) is 24.2 Å². The summed E-state index contributed by atoms with van der Waals surface area (Å²) in [6.45, 7) is 4.95. The number of hydrogen-bond acceptors (Lipinski definition) is 3. The Labute approximate surface area is 111 Å².